The van der Waals surface area contributed by atoms with E-state index in [1.807, 2.05) is 11.9 Å². The average molecular weight is 198 g/mol. The molecule has 82 valence electrons. The van der Waals surface area contributed by atoms with Crippen LogP contribution in [0.15, 0.2) is 0 Å². The molecule has 1 aliphatic heterocycles. The summed E-state index contributed by atoms with van der Waals surface area (Å²) in [6, 6.07) is 0.560. The third-order valence-corrected chi connectivity index (χ3v) is 2.97. The minimum Gasteiger partial charge on any atom is -0.342 e. The number of hydrogen-bond donors (Lipinski definition) is 1. The first-order chi connectivity index (χ1) is 6.63. The number of hydrogen-bond acceptors (Lipinski definition) is 2. The molecule has 2 unspecified atom stereocenters. The van der Waals surface area contributed by atoms with Gasteiger partial charge in [-0.1, -0.05) is 6.92 Å². The molecular weight excluding hydrogens is 176 g/mol. The van der Waals surface area contributed by atoms with Crippen LogP contribution in [0, 0.1) is 5.92 Å². The fourth-order valence-electron chi connectivity index (χ4n) is 1.92. The van der Waals surface area contributed by atoms with Crippen molar-refractivity contribution in [3.63, 3.8) is 0 Å². The van der Waals surface area contributed by atoms with E-state index in [-0.39, 0.29) is 0 Å². The molecule has 0 aromatic carbocycles. The predicted molar refractivity (Wildman–Crippen MR) is 58.1 cm³/mol. The number of likely N-dealkylation sites (tertiary alicyclic amines) is 1. The lowest BCUT2D eigenvalue weighted by Crippen LogP contribution is -2.28. The summed E-state index contributed by atoms with van der Waals surface area (Å²) < 4.78 is 0. The summed E-state index contributed by atoms with van der Waals surface area (Å²) >= 11 is 0. The second-order valence-electron chi connectivity index (χ2n) is 4.48. The molecule has 0 aromatic heterocycles. The summed E-state index contributed by atoms with van der Waals surface area (Å²) in [6.07, 6.45) is 3.01. The Labute approximate surface area is 86.9 Å². The Balaban J connectivity index is 2.15. The third kappa shape index (κ3) is 3.29. The zero-order chi connectivity index (χ0) is 10.6. The number of carbonyl (C=O) groups is 1. The van der Waals surface area contributed by atoms with Gasteiger partial charge in [0.05, 0.1) is 0 Å². The molecule has 2 atom stereocenters. The first-order valence-electron chi connectivity index (χ1n) is 5.58. The van der Waals surface area contributed by atoms with Gasteiger partial charge in [0.2, 0.25) is 5.91 Å². The molecule has 0 radical (unpaired) electrons. The van der Waals surface area contributed by atoms with Crippen molar-refractivity contribution in [2.45, 2.75) is 39.2 Å². The van der Waals surface area contributed by atoms with E-state index in [2.05, 4.69) is 19.2 Å². The summed E-state index contributed by atoms with van der Waals surface area (Å²) in [5.41, 5.74) is 0. The minimum atomic E-state index is 0.342. The van der Waals surface area contributed by atoms with E-state index >= 15 is 0 Å². The maximum absolute atomic E-state index is 11.4. The lowest BCUT2D eigenvalue weighted by atomic mass is 10.1. The molecule has 1 fully saturated rings. The van der Waals surface area contributed by atoms with Crippen molar-refractivity contribution in [2.75, 3.05) is 20.1 Å². The molecule has 0 aromatic rings. The van der Waals surface area contributed by atoms with Crippen LogP contribution < -0.4 is 5.32 Å². The fraction of sp³-hybridized carbons (Fsp3) is 0.909. The molecule has 0 bridgehead atoms. The molecule has 0 saturated carbocycles. The fourth-order valence-corrected chi connectivity index (χ4v) is 1.92. The second kappa shape index (κ2) is 5.35. The summed E-state index contributed by atoms with van der Waals surface area (Å²) in [7, 11) is 1.98. The van der Waals surface area contributed by atoms with Crippen LogP contribution in [-0.2, 0) is 4.79 Å². The van der Waals surface area contributed by atoms with Crippen molar-refractivity contribution < 1.29 is 4.79 Å². The molecule has 1 amide bonds. The van der Waals surface area contributed by atoms with Crippen molar-refractivity contribution in [2.24, 2.45) is 5.92 Å². The number of carbonyl (C=O) groups excluding carboxylic acids is 1. The normalized spacial score (nSPS) is 24.4. The van der Waals surface area contributed by atoms with Crippen LogP contribution in [0.25, 0.3) is 0 Å². The molecule has 3 heteroatoms. The minimum absolute atomic E-state index is 0.342. The Hall–Kier alpha value is -0.570. The predicted octanol–water partition coefficient (Wildman–Crippen LogP) is 1.24. The summed E-state index contributed by atoms with van der Waals surface area (Å²) in [5, 5.41) is 3.21. The van der Waals surface area contributed by atoms with E-state index in [4.69, 9.17) is 0 Å². The highest BCUT2D eigenvalue weighted by Crippen LogP contribution is 2.17. The highest BCUT2D eigenvalue weighted by molar-refractivity contribution is 5.78. The zero-order valence-corrected chi connectivity index (χ0v) is 9.55. The van der Waals surface area contributed by atoms with E-state index in [0.29, 0.717) is 17.9 Å². The molecule has 1 saturated heterocycles. The Morgan fingerprint density at radius 1 is 1.64 bits per heavy atom. The van der Waals surface area contributed by atoms with Crippen molar-refractivity contribution in [3.05, 3.63) is 0 Å². The van der Waals surface area contributed by atoms with Crippen molar-refractivity contribution in [1.82, 2.24) is 10.2 Å². The quantitative estimate of drug-likeness (QED) is 0.721. The van der Waals surface area contributed by atoms with Gasteiger partial charge in [0.25, 0.3) is 0 Å². The van der Waals surface area contributed by atoms with Crippen LogP contribution in [0.2, 0.25) is 0 Å². The van der Waals surface area contributed by atoms with Crippen molar-refractivity contribution in [3.8, 4) is 0 Å². The van der Waals surface area contributed by atoms with Gasteiger partial charge in [-0.3, -0.25) is 4.79 Å². The summed E-state index contributed by atoms with van der Waals surface area (Å²) in [4.78, 5) is 13.4. The first-order valence-corrected chi connectivity index (χ1v) is 5.58. The van der Waals surface area contributed by atoms with Gasteiger partial charge in [-0.05, 0) is 32.7 Å². The Kier molecular flexibility index (Phi) is 4.39. The topological polar surface area (TPSA) is 32.3 Å². The van der Waals surface area contributed by atoms with Crippen LogP contribution in [-0.4, -0.2) is 37.0 Å². The summed E-state index contributed by atoms with van der Waals surface area (Å²) in [5.74, 6) is 0.902. The number of rotatable bonds is 5. The molecule has 1 aliphatic rings. The molecular formula is C11H22N2O. The zero-order valence-electron chi connectivity index (χ0n) is 9.55. The van der Waals surface area contributed by atoms with Gasteiger partial charge in [0, 0.05) is 25.6 Å². The van der Waals surface area contributed by atoms with Crippen LogP contribution in [0.4, 0.5) is 0 Å². The Morgan fingerprint density at radius 3 is 2.86 bits per heavy atom. The largest absolute Gasteiger partial charge is 0.342 e. The van der Waals surface area contributed by atoms with Gasteiger partial charge in [0.15, 0.2) is 0 Å². The number of amides is 1. The Bertz CT molecular complexity index is 194. The monoisotopic (exact) mass is 198 g/mol. The average Bonchev–Trinajstić information content (AvgIpc) is 2.45. The van der Waals surface area contributed by atoms with Crippen molar-refractivity contribution >= 4 is 5.91 Å². The van der Waals surface area contributed by atoms with Crippen LogP contribution >= 0.6 is 0 Å². The van der Waals surface area contributed by atoms with Crippen LogP contribution in [0.1, 0.15) is 33.1 Å². The molecule has 1 N–H and O–H groups in total. The lowest BCUT2D eigenvalue weighted by molar-refractivity contribution is -0.127. The number of nitrogens with one attached hydrogen (secondary N) is 1. The van der Waals surface area contributed by atoms with Gasteiger partial charge >= 0.3 is 0 Å². The maximum atomic E-state index is 11.4. The standard InChI is InChI=1S/C11H22N2O/c1-9-7-11(14)13(8-9)6-4-5-10(2)12-3/h9-10,12H,4-8H2,1-3H3. The van der Waals surface area contributed by atoms with Gasteiger partial charge < -0.3 is 10.2 Å². The van der Waals surface area contributed by atoms with E-state index < -0.39 is 0 Å². The van der Waals surface area contributed by atoms with Gasteiger partial charge in [-0.2, -0.15) is 0 Å². The molecule has 3 nitrogen and oxygen atoms in total. The number of nitrogens with zero attached hydrogens (tertiary/aromatic N) is 1. The van der Waals surface area contributed by atoms with E-state index in [1.54, 1.807) is 0 Å². The van der Waals surface area contributed by atoms with Gasteiger partial charge in [0.1, 0.15) is 0 Å². The molecule has 0 aliphatic carbocycles. The first kappa shape index (κ1) is 11.5. The smallest absolute Gasteiger partial charge is 0.222 e. The molecule has 1 rings (SSSR count). The molecule has 1 heterocycles. The lowest BCUT2D eigenvalue weighted by Gasteiger charge is -2.17. The van der Waals surface area contributed by atoms with Crippen molar-refractivity contribution in [1.29, 1.82) is 0 Å². The van der Waals surface area contributed by atoms with E-state index in [1.165, 1.54) is 0 Å². The van der Waals surface area contributed by atoms with Crippen LogP contribution in [0.3, 0.4) is 0 Å². The molecule has 14 heavy (non-hydrogen) atoms. The van der Waals surface area contributed by atoms with Gasteiger partial charge in [-0.25, -0.2) is 0 Å². The van der Waals surface area contributed by atoms with Crippen LogP contribution in [0.5, 0.6) is 0 Å². The SMILES string of the molecule is CNC(C)CCCN1CC(C)CC1=O. The molecule has 0 spiro atoms. The Morgan fingerprint density at radius 2 is 2.36 bits per heavy atom. The van der Waals surface area contributed by atoms with Gasteiger partial charge in [-0.15, -0.1) is 0 Å². The highest BCUT2D eigenvalue weighted by atomic mass is 16.2. The van der Waals surface area contributed by atoms with E-state index in [0.717, 1.165) is 32.4 Å². The van der Waals surface area contributed by atoms with E-state index in [9.17, 15) is 4.79 Å². The third-order valence-electron chi connectivity index (χ3n) is 2.97. The maximum Gasteiger partial charge on any atom is 0.222 e. The second-order valence-corrected chi connectivity index (χ2v) is 4.48. The highest BCUT2D eigenvalue weighted by Gasteiger charge is 2.25. The summed E-state index contributed by atoms with van der Waals surface area (Å²) in [6.45, 7) is 6.23.